The monoisotopic (exact) mass is 501 g/mol. The second kappa shape index (κ2) is 10.2. The van der Waals surface area contributed by atoms with Crippen LogP contribution in [0.2, 0.25) is 0 Å². The van der Waals surface area contributed by atoms with Gasteiger partial charge in [-0.15, -0.1) is 0 Å². The quantitative estimate of drug-likeness (QED) is 0.436. The lowest BCUT2D eigenvalue weighted by Gasteiger charge is -2.09. The number of nitrogens with zero attached hydrogens (tertiary/aromatic N) is 1. The van der Waals surface area contributed by atoms with Crippen LogP contribution in [-0.4, -0.2) is 25.9 Å². The lowest BCUT2D eigenvalue weighted by molar-refractivity contribution is -0.111. The average Bonchev–Trinajstić information content (AvgIpc) is 2.75. The number of carbonyl (C=O) groups is 1. The summed E-state index contributed by atoms with van der Waals surface area (Å²) in [5.74, 6) is 0.540. The zero-order chi connectivity index (χ0) is 22.3. The number of anilines is 2. The molecule has 1 heterocycles. The molecule has 0 atom stereocenters. The van der Waals surface area contributed by atoms with Crippen molar-refractivity contribution in [2.75, 3.05) is 16.6 Å². The molecule has 7 nitrogen and oxygen atoms in total. The van der Waals surface area contributed by atoms with E-state index < -0.39 is 10.0 Å². The molecule has 0 spiro atoms. The molecule has 0 unspecified atom stereocenters. The van der Waals surface area contributed by atoms with Crippen molar-refractivity contribution < 1.29 is 17.9 Å². The summed E-state index contributed by atoms with van der Waals surface area (Å²) < 4.78 is 33.7. The Labute approximate surface area is 189 Å². The fourth-order valence-electron chi connectivity index (χ4n) is 2.62. The van der Waals surface area contributed by atoms with Gasteiger partial charge in [0.2, 0.25) is 5.91 Å². The number of carbonyl (C=O) groups excluding carboxylic acids is 1. The van der Waals surface area contributed by atoms with Crippen LogP contribution in [0.25, 0.3) is 6.08 Å². The lowest BCUT2D eigenvalue weighted by atomic mass is 10.2. The van der Waals surface area contributed by atoms with Crippen LogP contribution in [0, 0.1) is 0 Å². The number of rotatable bonds is 8. The Morgan fingerprint density at radius 3 is 2.58 bits per heavy atom. The molecule has 0 radical (unpaired) electrons. The molecule has 0 aliphatic rings. The van der Waals surface area contributed by atoms with Crippen LogP contribution in [0.3, 0.4) is 0 Å². The highest BCUT2D eigenvalue weighted by atomic mass is 79.9. The number of hydrogen-bond acceptors (Lipinski definition) is 5. The van der Waals surface area contributed by atoms with Crippen molar-refractivity contribution in [3.8, 4) is 5.75 Å². The van der Waals surface area contributed by atoms with Gasteiger partial charge < -0.3 is 10.1 Å². The van der Waals surface area contributed by atoms with Crippen LogP contribution in [0.15, 0.2) is 82.3 Å². The van der Waals surface area contributed by atoms with Gasteiger partial charge in [-0.3, -0.25) is 9.52 Å². The van der Waals surface area contributed by atoms with E-state index in [1.54, 1.807) is 24.3 Å². The van der Waals surface area contributed by atoms with E-state index in [1.807, 2.05) is 25.1 Å². The number of pyridine rings is 1. The standard InChI is InChI=1S/C22H20BrN3O4S/c1-2-30-20-12-7-17(23)15-16(20)6-13-22(27)25-18-8-10-19(11-9-18)31(28,29)26-21-5-3-4-14-24-21/h3-15H,2H2,1H3,(H,24,26)(H,25,27)/b13-6+. The largest absolute Gasteiger partial charge is 0.493 e. The Morgan fingerprint density at radius 2 is 1.90 bits per heavy atom. The Morgan fingerprint density at radius 1 is 1.13 bits per heavy atom. The number of aromatic nitrogens is 1. The molecule has 0 saturated heterocycles. The van der Waals surface area contributed by atoms with Crippen molar-refractivity contribution in [3.63, 3.8) is 0 Å². The number of benzene rings is 2. The lowest BCUT2D eigenvalue weighted by Crippen LogP contribution is -2.14. The van der Waals surface area contributed by atoms with Crippen LogP contribution >= 0.6 is 15.9 Å². The summed E-state index contributed by atoms with van der Waals surface area (Å²) in [5.41, 5.74) is 1.22. The molecule has 0 fully saturated rings. The Hall–Kier alpha value is -3.17. The first kappa shape index (κ1) is 22.5. The van der Waals surface area contributed by atoms with Gasteiger partial charge in [0.05, 0.1) is 11.5 Å². The minimum absolute atomic E-state index is 0.0576. The summed E-state index contributed by atoms with van der Waals surface area (Å²) in [5, 5.41) is 2.70. The summed E-state index contributed by atoms with van der Waals surface area (Å²) in [7, 11) is -3.78. The summed E-state index contributed by atoms with van der Waals surface area (Å²) in [4.78, 5) is 16.3. The van der Waals surface area contributed by atoms with Gasteiger partial charge in [0, 0.05) is 28.0 Å². The number of hydrogen-bond donors (Lipinski definition) is 2. The molecule has 1 aromatic heterocycles. The highest BCUT2D eigenvalue weighted by Gasteiger charge is 2.14. The maximum atomic E-state index is 12.4. The van der Waals surface area contributed by atoms with Crippen molar-refractivity contribution >= 4 is 49.4 Å². The van der Waals surface area contributed by atoms with E-state index in [0.717, 1.165) is 10.0 Å². The van der Waals surface area contributed by atoms with E-state index in [1.165, 1.54) is 36.5 Å². The molecule has 9 heteroatoms. The van der Waals surface area contributed by atoms with E-state index >= 15 is 0 Å². The van der Waals surface area contributed by atoms with Gasteiger partial charge in [0.15, 0.2) is 0 Å². The van der Waals surface area contributed by atoms with Gasteiger partial charge in [-0.2, -0.15) is 0 Å². The Kier molecular flexibility index (Phi) is 7.43. The number of nitrogens with one attached hydrogen (secondary N) is 2. The summed E-state index contributed by atoms with van der Waals surface area (Å²) in [6, 6.07) is 16.3. The molecule has 0 aliphatic heterocycles. The minimum Gasteiger partial charge on any atom is -0.493 e. The normalized spacial score (nSPS) is 11.3. The molecule has 0 bridgehead atoms. The smallest absolute Gasteiger partial charge is 0.263 e. The molecular formula is C22H20BrN3O4S. The molecular weight excluding hydrogens is 482 g/mol. The first-order valence-electron chi connectivity index (χ1n) is 9.33. The van der Waals surface area contributed by atoms with Crippen LogP contribution in [0.5, 0.6) is 5.75 Å². The molecule has 3 aromatic rings. The number of ether oxygens (including phenoxy) is 1. The van der Waals surface area contributed by atoms with Crippen molar-refractivity contribution in [2.45, 2.75) is 11.8 Å². The van der Waals surface area contributed by atoms with Gasteiger partial charge >= 0.3 is 0 Å². The second-order valence-corrected chi connectivity index (χ2v) is 8.88. The number of halogens is 1. The van der Waals surface area contributed by atoms with Gasteiger partial charge in [-0.1, -0.05) is 22.0 Å². The summed E-state index contributed by atoms with van der Waals surface area (Å²) in [6.07, 6.45) is 4.54. The number of sulfonamides is 1. The Bertz CT molecular complexity index is 1180. The maximum Gasteiger partial charge on any atom is 0.263 e. The van der Waals surface area contributed by atoms with Gasteiger partial charge in [-0.25, -0.2) is 13.4 Å². The molecule has 31 heavy (non-hydrogen) atoms. The van der Waals surface area contributed by atoms with Gasteiger partial charge in [0.25, 0.3) is 10.0 Å². The van der Waals surface area contributed by atoms with Crippen molar-refractivity contribution in [1.82, 2.24) is 4.98 Å². The molecule has 0 aliphatic carbocycles. The maximum absolute atomic E-state index is 12.4. The first-order chi connectivity index (χ1) is 14.9. The second-order valence-electron chi connectivity index (χ2n) is 6.28. The van der Waals surface area contributed by atoms with Crippen molar-refractivity contribution in [3.05, 3.63) is 83.0 Å². The van der Waals surface area contributed by atoms with Crippen LogP contribution < -0.4 is 14.8 Å². The average molecular weight is 502 g/mol. The number of amides is 1. The fraction of sp³-hybridized carbons (Fsp3) is 0.0909. The van der Waals surface area contributed by atoms with Crippen molar-refractivity contribution in [2.24, 2.45) is 0 Å². The predicted octanol–water partition coefficient (Wildman–Crippen LogP) is 4.70. The predicted molar refractivity (Wildman–Crippen MR) is 124 cm³/mol. The Balaban J connectivity index is 1.66. The third-order valence-corrected chi connectivity index (χ3v) is 5.89. The molecule has 3 rings (SSSR count). The van der Waals surface area contributed by atoms with E-state index in [-0.39, 0.29) is 16.6 Å². The zero-order valence-corrected chi connectivity index (χ0v) is 19.0. The third kappa shape index (κ3) is 6.40. The summed E-state index contributed by atoms with van der Waals surface area (Å²) in [6.45, 7) is 2.40. The summed E-state index contributed by atoms with van der Waals surface area (Å²) >= 11 is 3.40. The van der Waals surface area contributed by atoms with Crippen LogP contribution in [-0.2, 0) is 14.8 Å². The van der Waals surface area contributed by atoms with Crippen LogP contribution in [0.4, 0.5) is 11.5 Å². The third-order valence-electron chi connectivity index (χ3n) is 4.02. The van der Waals surface area contributed by atoms with E-state index in [4.69, 9.17) is 4.74 Å². The molecule has 160 valence electrons. The topological polar surface area (TPSA) is 97.4 Å². The molecule has 1 amide bonds. The van der Waals surface area contributed by atoms with E-state index in [0.29, 0.717) is 18.0 Å². The van der Waals surface area contributed by atoms with Gasteiger partial charge in [-0.05, 0) is 67.6 Å². The SMILES string of the molecule is CCOc1ccc(Br)cc1/C=C/C(=O)Nc1ccc(S(=O)(=O)Nc2ccccn2)cc1. The first-order valence-corrected chi connectivity index (χ1v) is 11.6. The molecule has 2 N–H and O–H groups in total. The molecule has 2 aromatic carbocycles. The van der Waals surface area contributed by atoms with Crippen LogP contribution in [0.1, 0.15) is 12.5 Å². The van der Waals surface area contributed by atoms with Crippen molar-refractivity contribution in [1.29, 1.82) is 0 Å². The van der Waals surface area contributed by atoms with E-state index in [9.17, 15) is 13.2 Å². The van der Waals surface area contributed by atoms with Gasteiger partial charge in [0.1, 0.15) is 11.6 Å². The fourth-order valence-corrected chi connectivity index (χ4v) is 4.01. The highest BCUT2D eigenvalue weighted by Crippen LogP contribution is 2.24. The minimum atomic E-state index is -3.78. The van der Waals surface area contributed by atoms with E-state index in [2.05, 4.69) is 31.0 Å². The molecule has 0 saturated carbocycles. The zero-order valence-electron chi connectivity index (χ0n) is 16.6. The highest BCUT2D eigenvalue weighted by molar-refractivity contribution is 9.10.